The van der Waals surface area contributed by atoms with E-state index >= 15 is 0 Å². The maximum Gasteiger partial charge on any atom is 0.223 e. The Morgan fingerprint density at radius 1 is 1.53 bits per heavy atom. The third kappa shape index (κ3) is 3.49. The van der Waals surface area contributed by atoms with Crippen molar-refractivity contribution in [2.75, 3.05) is 13.1 Å². The lowest BCUT2D eigenvalue weighted by molar-refractivity contribution is -0.129. The van der Waals surface area contributed by atoms with Crippen LogP contribution >= 0.6 is 0 Å². The molecular formula is C12H24N2O. The highest BCUT2D eigenvalue weighted by Crippen LogP contribution is 2.21. The van der Waals surface area contributed by atoms with Crippen molar-refractivity contribution in [2.24, 2.45) is 11.7 Å². The third-order valence-corrected chi connectivity index (χ3v) is 3.33. The first-order valence-corrected chi connectivity index (χ1v) is 6.18. The standard InChI is InChI=1S/C12H24N2O/c1-3-4-5-6-10(2)14-9-11(8-13)7-12(14)15/h10-11H,3-9,13H2,1-2H3. The number of carbonyl (C=O) groups is 1. The van der Waals surface area contributed by atoms with Gasteiger partial charge in [0.25, 0.3) is 0 Å². The first kappa shape index (κ1) is 12.5. The SMILES string of the molecule is CCCCCC(C)N1CC(CN)CC1=O. The topological polar surface area (TPSA) is 46.3 Å². The molecular weight excluding hydrogens is 188 g/mol. The number of nitrogens with two attached hydrogens (primary N) is 1. The second-order valence-corrected chi connectivity index (χ2v) is 4.70. The zero-order valence-corrected chi connectivity index (χ0v) is 10.0. The minimum atomic E-state index is 0.300. The molecule has 0 radical (unpaired) electrons. The average molecular weight is 212 g/mol. The van der Waals surface area contributed by atoms with Crippen LogP contribution in [-0.4, -0.2) is 29.9 Å². The Kier molecular flexibility index (Phi) is 5.09. The number of amides is 1. The Labute approximate surface area is 93.0 Å². The van der Waals surface area contributed by atoms with E-state index in [4.69, 9.17) is 5.73 Å². The molecule has 0 saturated carbocycles. The van der Waals surface area contributed by atoms with Crippen molar-refractivity contribution in [3.63, 3.8) is 0 Å². The number of carbonyl (C=O) groups excluding carboxylic acids is 1. The molecule has 2 N–H and O–H groups in total. The van der Waals surface area contributed by atoms with E-state index in [1.54, 1.807) is 0 Å². The predicted octanol–water partition coefficient (Wildman–Crippen LogP) is 1.76. The lowest BCUT2D eigenvalue weighted by Gasteiger charge is -2.24. The first-order chi connectivity index (χ1) is 7.19. The van der Waals surface area contributed by atoms with E-state index in [-0.39, 0.29) is 0 Å². The van der Waals surface area contributed by atoms with Crippen LogP contribution in [0.15, 0.2) is 0 Å². The van der Waals surface area contributed by atoms with Crippen LogP contribution in [0.3, 0.4) is 0 Å². The molecule has 2 atom stereocenters. The number of unbranched alkanes of at least 4 members (excludes halogenated alkanes) is 2. The minimum Gasteiger partial charge on any atom is -0.340 e. The Balaban J connectivity index is 2.32. The van der Waals surface area contributed by atoms with Crippen molar-refractivity contribution in [3.8, 4) is 0 Å². The summed E-state index contributed by atoms with van der Waals surface area (Å²) in [4.78, 5) is 13.7. The number of rotatable bonds is 6. The van der Waals surface area contributed by atoms with Crippen molar-refractivity contribution >= 4 is 5.91 Å². The van der Waals surface area contributed by atoms with E-state index in [1.165, 1.54) is 19.3 Å². The lowest BCUT2D eigenvalue weighted by atomic mass is 10.1. The van der Waals surface area contributed by atoms with E-state index in [1.807, 2.05) is 4.90 Å². The van der Waals surface area contributed by atoms with Gasteiger partial charge in [-0.3, -0.25) is 4.79 Å². The van der Waals surface area contributed by atoms with E-state index < -0.39 is 0 Å². The molecule has 0 aromatic heterocycles. The number of likely N-dealkylation sites (tertiary alicyclic amines) is 1. The molecule has 0 aromatic rings. The van der Waals surface area contributed by atoms with Gasteiger partial charge in [-0.2, -0.15) is 0 Å². The molecule has 3 heteroatoms. The summed E-state index contributed by atoms with van der Waals surface area (Å²) in [6, 6.07) is 0.403. The second-order valence-electron chi connectivity index (χ2n) is 4.70. The molecule has 1 aliphatic rings. The molecule has 1 aliphatic heterocycles. The number of hydrogen-bond acceptors (Lipinski definition) is 2. The highest BCUT2D eigenvalue weighted by molar-refractivity contribution is 5.78. The normalized spacial score (nSPS) is 23.5. The molecule has 2 unspecified atom stereocenters. The molecule has 88 valence electrons. The molecule has 0 aromatic carbocycles. The molecule has 3 nitrogen and oxygen atoms in total. The van der Waals surface area contributed by atoms with Gasteiger partial charge in [-0.15, -0.1) is 0 Å². The molecule has 0 aliphatic carbocycles. The number of hydrogen-bond donors (Lipinski definition) is 1. The van der Waals surface area contributed by atoms with E-state index in [2.05, 4.69) is 13.8 Å². The monoisotopic (exact) mass is 212 g/mol. The van der Waals surface area contributed by atoms with Gasteiger partial charge in [0, 0.05) is 19.0 Å². The van der Waals surface area contributed by atoms with Crippen LogP contribution in [-0.2, 0) is 4.79 Å². The highest BCUT2D eigenvalue weighted by atomic mass is 16.2. The van der Waals surface area contributed by atoms with E-state index in [0.717, 1.165) is 13.0 Å². The van der Waals surface area contributed by atoms with Gasteiger partial charge in [-0.25, -0.2) is 0 Å². The van der Waals surface area contributed by atoms with Crippen molar-refractivity contribution in [1.29, 1.82) is 0 Å². The Hall–Kier alpha value is -0.570. The van der Waals surface area contributed by atoms with E-state index in [0.29, 0.717) is 30.8 Å². The maximum absolute atomic E-state index is 11.7. The summed E-state index contributed by atoms with van der Waals surface area (Å²) in [5, 5.41) is 0. The fourth-order valence-corrected chi connectivity index (χ4v) is 2.24. The highest BCUT2D eigenvalue weighted by Gasteiger charge is 2.31. The molecule has 1 rings (SSSR count). The van der Waals surface area contributed by atoms with Crippen LogP contribution in [0.25, 0.3) is 0 Å². The van der Waals surface area contributed by atoms with E-state index in [9.17, 15) is 4.79 Å². The third-order valence-electron chi connectivity index (χ3n) is 3.33. The smallest absolute Gasteiger partial charge is 0.223 e. The average Bonchev–Trinajstić information content (AvgIpc) is 2.60. The summed E-state index contributed by atoms with van der Waals surface area (Å²) >= 11 is 0. The van der Waals surface area contributed by atoms with Crippen LogP contribution in [0.4, 0.5) is 0 Å². The zero-order chi connectivity index (χ0) is 11.3. The van der Waals surface area contributed by atoms with Gasteiger partial charge in [-0.05, 0) is 25.8 Å². The Bertz CT molecular complexity index is 206. The first-order valence-electron chi connectivity index (χ1n) is 6.18. The van der Waals surface area contributed by atoms with Crippen molar-refractivity contribution in [1.82, 2.24) is 4.90 Å². The molecule has 1 heterocycles. The van der Waals surface area contributed by atoms with Crippen LogP contribution in [0, 0.1) is 5.92 Å². The summed E-state index contributed by atoms with van der Waals surface area (Å²) in [6.07, 6.45) is 5.54. The maximum atomic E-state index is 11.7. The molecule has 1 amide bonds. The largest absolute Gasteiger partial charge is 0.340 e. The van der Waals surface area contributed by atoms with Gasteiger partial charge in [0.05, 0.1) is 0 Å². The quantitative estimate of drug-likeness (QED) is 0.682. The second kappa shape index (κ2) is 6.11. The molecule has 1 fully saturated rings. The predicted molar refractivity (Wildman–Crippen MR) is 62.5 cm³/mol. The fraction of sp³-hybridized carbons (Fsp3) is 0.917. The number of nitrogens with zero attached hydrogens (tertiary/aromatic N) is 1. The minimum absolute atomic E-state index is 0.300. The van der Waals surface area contributed by atoms with Crippen molar-refractivity contribution in [2.45, 2.75) is 52.0 Å². The van der Waals surface area contributed by atoms with Crippen molar-refractivity contribution < 1.29 is 4.79 Å². The Morgan fingerprint density at radius 3 is 2.80 bits per heavy atom. The van der Waals surface area contributed by atoms with Crippen LogP contribution in [0.2, 0.25) is 0 Å². The summed E-state index contributed by atoms with van der Waals surface area (Å²) in [7, 11) is 0. The van der Waals surface area contributed by atoms with Crippen LogP contribution < -0.4 is 5.73 Å². The Morgan fingerprint density at radius 2 is 2.27 bits per heavy atom. The van der Waals surface area contributed by atoms with Gasteiger partial charge in [0.1, 0.15) is 0 Å². The van der Waals surface area contributed by atoms with Gasteiger partial charge in [0.2, 0.25) is 5.91 Å². The van der Waals surface area contributed by atoms with Crippen molar-refractivity contribution in [3.05, 3.63) is 0 Å². The summed E-state index contributed by atoms with van der Waals surface area (Å²) in [5.41, 5.74) is 5.60. The molecule has 0 bridgehead atoms. The molecule has 1 saturated heterocycles. The van der Waals surface area contributed by atoms with Gasteiger partial charge in [0.15, 0.2) is 0 Å². The van der Waals surface area contributed by atoms with Gasteiger partial charge in [-0.1, -0.05) is 26.2 Å². The van der Waals surface area contributed by atoms with Crippen LogP contribution in [0.5, 0.6) is 0 Å². The summed E-state index contributed by atoms with van der Waals surface area (Å²) in [6.45, 7) is 5.88. The fourth-order valence-electron chi connectivity index (χ4n) is 2.24. The van der Waals surface area contributed by atoms with Gasteiger partial charge < -0.3 is 10.6 Å². The van der Waals surface area contributed by atoms with Crippen LogP contribution in [0.1, 0.15) is 46.0 Å². The summed E-state index contributed by atoms with van der Waals surface area (Å²) in [5.74, 6) is 0.695. The molecule has 15 heavy (non-hydrogen) atoms. The zero-order valence-electron chi connectivity index (χ0n) is 10.0. The van der Waals surface area contributed by atoms with Gasteiger partial charge >= 0.3 is 0 Å². The molecule has 0 spiro atoms. The summed E-state index contributed by atoms with van der Waals surface area (Å²) < 4.78 is 0. The lowest BCUT2D eigenvalue weighted by Crippen LogP contribution is -2.34.